The minimum Gasteiger partial charge on any atom is -0.477 e. The van der Waals surface area contributed by atoms with Crippen molar-refractivity contribution in [3.63, 3.8) is 0 Å². The van der Waals surface area contributed by atoms with Crippen molar-refractivity contribution in [2.45, 2.75) is 56.7 Å². The Morgan fingerprint density at radius 3 is 2.42 bits per heavy atom. The highest BCUT2D eigenvalue weighted by atomic mass is 32.2. The van der Waals surface area contributed by atoms with Crippen LogP contribution in [0.3, 0.4) is 0 Å². The van der Waals surface area contributed by atoms with E-state index in [-0.39, 0.29) is 51.6 Å². The molecule has 302 valence electrons. The number of halogens is 1. The fraction of sp³-hybridized carbons (Fsp3) is 0.444. The zero-order chi connectivity index (χ0) is 40.9. The second kappa shape index (κ2) is 15.4. The summed E-state index contributed by atoms with van der Waals surface area (Å²) in [5.74, 6) is -5.28. The lowest BCUT2D eigenvalue weighted by molar-refractivity contribution is -0.160. The van der Waals surface area contributed by atoms with Crippen LogP contribution in [-0.4, -0.2) is 127 Å². The maximum absolute atomic E-state index is 15.5. The number of nitrogens with one attached hydrogen (secondary N) is 1. The first kappa shape index (κ1) is 39.7. The van der Waals surface area contributed by atoms with Crippen molar-refractivity contribution in [1.82, 2.24) is 24.7 Å². The lowest BCUT2D eigenvalue weighted by atomic mass is 10.0. The molecule has 18 nitrogen and oxygen atoms in total. The van der Waals surface area contributed by atoms with E-state index in [2.05, 4.69) is 15.5 Å². The lowest BCUT2D eigenvalue weighted by Crippen LogP contribution is -2.71. The number of aromatic carboxylic acids is 1. The molecule has 4 aliphatic rings. The number of nitrogen functional groups attached to an aromatic ring is 1. The SMILES string of the molecule is CC(C)(C)OC(=O)CO/N=C(/C(=O)N[C@@H]1C(=O)N2C(C(=O)O)=C(CN3CCN(c4cc5c(cc4F)c(=O)c(C(=O)O)cn5C4CC4)CC3)CS[C@H]12)c1csc(N)n1. The number of aliphatic carboxylic acids is 1. The van der Waals surface area contributed by atoms with Gasteiger partial charge in [-0.05, 0) is 51.3 Å². The Labute approximate surface area is 332 Å². The number of β-lactam (4-membered cyclic amide) rings is 1. The van der Waals surface area contributed by atoms with Crippen LogP contribution in [0.4, 0.5) is 15.2 Å². The second-order valence-corrected chi connectivity index (χ2v) is 16.9. The first-order chi connectivity index (χ1) is 27.0. The molecule has 1 aliphatic carbocycles. The Balaban J connectivity index is 1.02. The number of pyridine rings is 1. The number of aromatic nitrogens is 2. The third kappa shape index (κ3) is 8.17. The zero-order valence-corrected chi connectivity index (χ0v) is 32.7. The monoisotopic (exact) mass is 826 g/mol. The number of hydrogen-bond donors (Lipinski definition) is 4. The average molecular weight is 827 g/mol. The number of thiazole rings is 1. The molecule has 5 N–H and O–H groups in total. The molecule has 2 amide bonds. The molecule has 3 fully saturated rings. The highest BCUT2D eigenvalue weighted by Crippen LogP contribution is 2.41. The Bertz CT molecular complexity index is 2310. The quantitative estimate of drug-likeness (QED) is 0.0882. The number of carbonyl (C=O) groups excluding carboxylic acids is 3. The van der Waals surface area contributed by atoms with E-state index in [0.29, 0.717) is 37.3 Å². The summed E-state index contributed by atoms with van der Waals surface area (Å²) in [6.07, 6.45) is 2.97. The van der Waals surface area contributed by atoms with Crippen LogP contribution in [0.1, 0.15) is 55.7 Å². The molecular formula is C36H39FN8O10S2. The molecule has 1 aromatic carbocycles. The fourth-order valence-corrected chi connectivity index (χ4v) is 8.84. The van der Waals surface area contributed by atoms with Gasteiger partial charge in [0.2, 0.25) is 12.0 Å². The molecule has 21 heteroatoms. The van der Waals surface area contributed by atoms with Gasteiger partial charge in [0.1, 0.15) is 39.8 Å². The number of piperazine rings is 1. The summed E-state index contributed by atoms with van der Waals surface area (Å²) in [6, 6.07) is 1.63. The molecule has 2 atom stereocenters. The Morgan fingerprint density at radius 1 is 1.09 bits per heavy atom. The number of anilines is 2. The topological polar surface area (TPSA) is 239 Å². The van der Waals surface area contributed by atoms with Gasteiger partial charge in [-0.15, -0.1) is 23.1 Å². The van der Waals surface area contributed by atoms with Crippen LogP contribution in [0.5, 0.6) is 0 Å². The first-order valence-corrected chi connectivity index (χ1v) is 19.9. The average Bonchev–Trinajstić information content (AvgIpc) is 3.90. The maximum Gasteiger partial charge on any atom is 0.352 e. The van der Waals surface area contributed by atoms with Crippen molar-refractivity contribution in [3.05, 3.63) is 62.3 Å². The molecule has 5 heterocycles. The van der Waals surface area contributed by atoms with E-state index in [4.69, 9.17) is 15.3 Å². The van der Waals surface area contributed by atoms with Gasteiger partial charge in [-0.3, -0.25) is 24.2 Å². The van der Waals surface area contributed by atoms with Gasteiger partial charge in [0.15, 0.2) is 10.8 Å². The third-order valence-corrected chi connectivity index (χ3v) is 11.7. The van der Waals surface area contributed by atoms with E-state index < -0.39 is 70.2 Å². The van der Waals surface area contributed by atoms with E-state index in [0.717, 1.165) is 35.1 Å². The van der Waals surface area contributed by atoms with E-state index in [1.54, 1.807) is 31.4 Å². The van der Waals surface area contributed by atoms with Gasteiger partial charge in [-0.1, -0.05) is 5.16 Å². The number of carbonyl (C=O) groups is 5. The molecule has 7 rings (SSSR count). The van der Waals surface area contributed by atoms with Gasteiger partial charge in [0, 0.05) is 61.5 Å². The molecule has 2 aromatic heterocycles. The van der Waals surface area contributed by atoms with Gasteiger partial charge in [0.25, 0.3) is 11.8 Å². The third-order valence-electron chi connectivity index (χ3n) is 9.67. The van der Waals surface area contributed by atoms with E-state index in [9.17, 15) is 39.0 Å². The first-order valence-electron chi connectivity index (χ1n) is 17.9. The van der Waals surface area contributed by atoms with Crippen molar-refractivity contribution in [3.8, 4) is 0 Å². The molecule has 0 radical (unpaired) electrons. The minimum absolute atomic E-state index is 0.00723. The Morgan fingerprint density at radius 2 is 1.81 bits per heavy atom. The highest BCUT2D eigenvalue weighted by Gasteiger charge is 2.54. The smallest absolute Gasteiger partial charge is 0.352 e. The number of esters is 1. The Hall–Kier alpha value is -5.54. The summed E-state index contributed by atoms with van der Waals surface area (Å²) in [6.45, 7) is 6.28. The summed E-state index contributed by atoms with van der Waals surface area (Å²) >= 11 is 2.32. The number of ether oxygens (including phenoxy) is 1. The summed E-state index contributed by atoms with van der Waals surface area (Å²) < 4.78 is 22.5. The Kier molecular flexibility index (Phi) is 10.7. The number of carboxylic acid groups (broad SMARTS) is 2. The van der Waals surface area contributed by atoms with Crippen LogP contribution in [0.2, 0.25) is 0 Å². The number of oxime groups is 1. The fourth-order valence-electron chi connectivity index (χ4n) is 6.96. The van der Waals surface area contributed by atoms with Gasteiger partial charge < -0.3 is 40.3 Å². The number of hydrogen-bond acceptors (Lipinski definition) is 15. The summed E-state index contributed by atoms with van der Waals surface area (Å²) in [4.78, 5) is 90.5. The summed E-state index contributed by atoms with van der Waals surface area (Å²) in [5.41, 5.74) is 4.62. The largest absolute Gasteiger partial charge is 0.477 e. The molecule has 57 heavy (non-hydrogen) atoms. The number of rotatable bonds is 12. The van der Waals surface area contributed by atoms with Crippen molar-refractivity contribution < 1.29 is 48.2 Å². The van der Waals surface area contributed by atoms with E-state index in [1.165, 1.54) is 23.3 Å². The number of benzene rings is 1. The molecule has 0 unspecified atom stereocenters. The highest BCUT2D eigenvalue weighted by molar-refractivity contribution is 8.00. The van der Waals surface area contributed by atoms with E-state index in [1.807, 2.05) is 9.80 Å². The molecular weight excluding hydrogens is 788 g/mol. The number of thioether (sulfide) groups is 1. The minimum atomic E-state index is -1.37. The normalized spacial score (nSPS) is 20.3. The zero-order valence-electron chi connectivity index (χ0n) is 31.0. The number of fused-ring (bicyclic) bond motifs is 2. The predicted molar refractivity (Wildman–Crippen MR) is 207 cm³/mol. The van der Waals surface area contributed by atoms with Crippen LogP contribution < -0.4 is 21.4 Å². The van der Waals surface area contributed by atoms with Crippen molar-refractivity contribution >= 4 is 80.3 Å². The second-order valence-electron chi connectivity index (χ2n) is 14.9. The molecule has 3 aliphatic heterocycles. The van der Waals surface area contributed by atoms with Crippen LogP contribution in [0.25, 0.3) is 10.9 Å². The number of nitrogens with two attached hydrogens (primary N) is 1. The van der Waals surface area contributed by atoms with E-state index >= 15 is 4.39 Å². The molecule has 1 saturated carbocycles. The standard InChI is InChI=1S/C36H39FN8O10S2/c1-36(2,3)55-25(46)14-54-41-26(22-16-57-35(38)39-22)30(48)40-27-31(49)45-28(34(52)53)17(15-56-32(27)45)12-42-6-8-43(9-7-42)24-11-23-19(10-21(24)37)29(47)20(33(50)51)13-44(23)18-4-5-18/h10-11,13,16,18,27,32H,4-9,12,14-15H2,1-3H3,(H2,38,39)(H,40,48)(H,50,51)(H,52,53)/b41-26+/t27-,32-/m1/s1. The van der Waals surface area contributed by atoms with Gasteiger partial charge in [-0.25, -0.2) is 23.8 Å². The van der Waals surface area contributed by atoms with Crippen molar-refractivity contribution in [2.24, 2.45) is 5.16 Å². The van der Waals surface area contributed by atoms with Crippen LogP contribution in [0.15, 0.2) is 44.9 Å². The van der Waals surface area contributed by atoms with Gasteiger partial charge >= 0.3 is 17.9 Å². The van der Waals surface area contributed by atoms with Gasteiger partial charge in [0.05, 0.1) is 11.2 Å². The number of carboxylic acids is 2. The van der Waals surface area contributed by atoms with Crippen LogP contribution >= 0.6 is 23.1 Å². The lowest BCUT2D eigenvalue weighted by Gasteiger charge is -2.50. The van der Waals surface area contributed by atoms with Crippen molar-refractivity contribution in [1.29, 1.82) is 0 Å². The number of nitrogens with zero attached hydrogens (tertiary/aromatic N) is 6. The van der Waals surface area contributed by atoms with Crippen LogP contribution in [0, 0.1) is 5.82 Å². The molecule has 3 aromatic rings. The van der Waals surface area contributed by atoms with Crippen LogP contribution in [-0.2, 0) is 28.8 Å². The summed E-state index contributed by atoms with van der Waals surface area (Å²) in [7, 11) is 0. The molecule has 0 spiro atoms. The maximum atomic E-state index is 15.5. The molecule has 0 bridgehead atoms. The summed E-state index contributed by atoms with van der Waals surface area (Å²) in [5, 5.41) is 27.1. The predicted octanol–water partition coefficient (Wildman–Crippen LogP) is 1.84. The van der Waals surface area contributed by atoms with Gasteiger partial charge in [-0.2, -0.15) is 0 Å². The molecule has 2 saturated heterocycles. The number of amides is 2. The van der Waals surface area contributed by atoms with Crippen molar-refractivity contribution in [2.75, 3.05) is 55.7 Å².